The molecule has 14 nitrogen and oxygen atoms in total. The van der Waals surface area contributed by atoms with Crippen LogP contribution in [0.2, 0.25) is 0 Å². The molecule has 9 N–H and O–H groups in total. The Balaban J connectivity index is 1.77. The number of hydrogen-bond donors (Lipinski definition) is 9. The van der Waals surface area contributed by atoms with Crippen molar-refractivity contribution in [3.8, 4) is 0 Å². The summed E-state index contributed by atoms with van der Waals surface area (Å²) in [6.45, 7) is 0.333. The molecule has 3 rings (SSSR count). The van der Waals surface area contributed by atoms with Crippen molar-refractivity contribution in [2.45, 2.75) is 92.9 Å². The highest BCUT2D eigenvalue weighted by Crippen LogP contribution is 2.31. The monoisotopic (exact) mass is 458 g/mol. The Kier molecular flexibility index (Phi) is 8.21. The zero-order valence-electron chi connectivity index (χ0n) is 16.6. The summed E-state index contributed by atoms with van der Waals surface area (Å²) in [5.41, 5.74) is 0. The van der Waals surface area contributed by atoms with Crippen molar-refractivity contribution >= 4 is 0 Å². The highest BCUT2D eigenvalue weighted by atomic mass is 16.8. The lowest BCUT2D eigenvalue weighted by atomic mass is 9.97. The minimum atomic E-state index is -1.80. The van der Waals surface area contributed by atoms with Crippen LogP contribution in [0.1, 0.15) is 6.92 Å². The first-order chi connectivity index (χ1) is 14.6. The lowest BCUT2D eigenvalue weighted by Gasteiger charge is -2.47. The molecule has 0 spiro atoms. The first kappa shape index (κ1) is 25.1. The zero-order chi connectivity index (χ0) is 23.0. The Hall–Kier alpha value is -0.560. The molecule has 0 unspecified atom stereocenters. The van der Waals surface area contributed by atoms with Gasteiger partial charge in [-0.1, -0.05) is 0 Å². The summed E-state index contributed by atoms with van der Waals surface area (Å²) in [5.74, 6) is 0. The van der Waals surface area contributed by atoms with Gasteiger partial charge in [0.2, 0.25) is 0 Å². The van der Waals surface area contributed by atoms with Gasteiger partial charge in [-0.3, -0.25) is 0 Å². The molecule has 182 valence electrons. The highest BCUT2D eigenvalue weighted by Gasteiger charge is 2.52. The summed E-state index contributed by atoms with van der Waals surface area (Å²) in [4.78, 5) is 0. The number of hydrogen-bond acceptors (Lipinski definition) is 14. The zero-order valence-corrected chi connectivity index (χ0v) is 16.6. The molecule has 14 atom stereocenters. The maximum atomic E-state index is 10.5. The molecule has 0 saturated carbocycles. The van der Waals surface area contributed by atoms with Gasteiger partial charge < -0.3 is 69.6 Å². The van der Waals surface area contributed by atoms with E-state index < -0.39 is 92.6 Å². The molecule has 31 heavy (non-hydrogen) atoms. The van der Waals surface area contributed by atoms with Crippen LogP contribution >= 0.6 is 0 Å². The number of aliphatic hydroxyl groups is 9. The number of rotatable bonds is 5. The summed E-state index contributed by atoms with van der Waals surface area (Å²) in [6.07, 6.45) is -21.5. The van der Waals surface area contributed by atoms with Crippen LogP contribution in [-0.4, -0.2) is 145 Å². The summed E-state index contributed by atoms with van der Waals surface area (Å²) in [5, 5.41) is 89.7. The average Bonchev–Trinajstić information content (AvgIpc) is 2.74. The van der Waals surface area contributed by atoms with Crippen molar-refractivity contribution in [2.75, 3.05) is 13.2 Å². The molecular weight excluding hydrogens is 428 g/mol. The van der Waals surface area contributed by atoms with Gasteiger partial charge in [0, 0.05) is 0 Å². The summed E-state index contributed by atoms with van der Waals surface area (Å²) in [7, 11) is 0. The van der Waals surface area contributed by atoms with Gasteiger partial charge in [-0.25, -0.2) is 0 Å². The van der Waals surface area contributed by atoms with Crippen LogP contribution in [0.15, 0.2) is 0 Å². The van der Waals surface area contributed by atoms with E-state index in [1.165, 1.54) is 6.92 Å². The molecule has 0 radical (unpaired) electrons. The van der Waals surface area contributed by atoms with Gasteiger partial charge in [0.05, 0.1) is 19.3 Å². The SMILES string of the molecule is C[C@H]1O[C@@H](O)[C@H](O[C@@H]2O[C@H](CO)[C@@H](O)[C@H](O)[C@H]2O)[C@@H](O[C@@H]2OC[C@@H](O)[C@H](O)[C@H]2O)[C@@H]1O. The predicted octanol–water partition coefficient (Wildman–Crippen LogP) is -5.91. The lowest BCUT2D eigenvalue weighted by molar-refractivity contribution is -0.380. The third-order valence-corrected chi connectivity index (χ3v) is 5.66. The molecule has 3 heterocycles. The van der Waals surface area contributed by atoms with Crippen LogP contribution in [-0.2, 0) is 23.7 Å². The summed E-state index contributed by atoms with van der Waals surface area (Å²) < 4.78 is 26.6. The van der Waals surface area contributed by atoms with E-state index in [9.17, 15) is 46.0 Å². The van der Waals surface area contributed by atoms with Gasteiger partial charge in [-0.2, -0.15) is 0 Å². The van der Waals surface area contributed by atoms with Crippen molar-refractivity contribution < 1.29 is 69.6 Å². The molecule has 3 fully saturated rings. The Bertz CT molecular complexity index is 579. The molecular formula is C17H30O14. The molecule has 0 amide bonds. The van der Waals surface area contributed by atoms with E-state index in [-0.39, 0.29) is 6.61 Å². The fourth-order valence-electron chi connectivity index (χ4n) is 3.69. The number of aliphatic hydroxyl groups excluding tert-OH is 9. The molecule has 3 saturated heterocycles. The molecule has 0 aromatic heterocycles. The fraction of sp³-hybridized carbons (Fsp3) is 1.00. The van der Waals surface area contributed by atoms with Crippen LogP contribution in [0.4, 0.5) is 0 Å². The van der Waals surface area contributed by atoms with Gasteiger partial charge in [-0.15, -0.1) is 0 Å². The van der Waals surface area contributed by atoms with Gasteiger partial charge in [0.15, 0.2) is 18.9 Å². The van der Waals surface area contributed by atoms with E-state index in [2.05, 4.69) is 0 Å². The van der Waals surface area contributed by atoms with Crippen LogP contribution in [0.5, 0.6) is 0 Å². The van der Waals surface area contributed by atoms with E-state index in [4.69, 9.17) is 23.7 Å². The Morgan fingerprint density at radius 3 is 1.97 bits per heavy atom. The van der Waals surface area contributed by atoms with Crippen LogP contribution in [0.25, 0.3) is 0 Å². The first-order valence-corrected chi connectivity index (χ1v) is 9.85. The quantitative estimate of drug-likeness (QED) is 0.187. The minimum Gasteiger partial charge on any atom is -0.394 e. The number of ether oxygens (including phenoxy) is 5. The molecule has 14 heteroatoms. The normalized spacial score (nSPS) is 54.0. The average molecular weight is 458 g/mol. The largest absolute Gasteiger partial charge is 0.394 e. The second-order valence-electron chi connectivity index (χ2n) is 7.87. The van der Waals surface area contributed by atoms with Crippen molar-refractivity contribution in [2.24, 2.45) is 0 Å². The van der Waals surface area contributed by atoms with E-state index >= 15 is 0 Å². The lowest BCUT2D eigenvalue weighted by Crippen LogP contribution is -2.65. The van der Waals surface area contributed by atoms with Gasteiger partial charge in [-0.05, 0) is 6.92 Å². The van der Waals surface area contributed by atoms with Crippen molar-refractivity contribution in [3.05, 3.63) is 0 Å². The maximum absolute atomic E-state index is 10.5. The molecule has 0 bridgehead atoms. The standard InChI is InChI=1S/C17H30O14/c1-4-7(20)13(30-16-11(24)8(21)5(19)3-27-16)14(15(26)28-4)31-17-12(25)10(23)9(22)6(2-18)29-17/h4-26H,2-3H2,1H3/t4-,5-,6-,7-,8+,9-,10+,11-,12-,13+,14-,15-,16+,17+/m1/s1. The van der Waals surface area contributed by atoms with Crippen molar-refractivity contribution in [3.63, 3.8) is 0 Å². The summed E-state index contributed by atoms with van der Waals surface area (Å²) in [6, 6.07) is 0. The second-order valence-corrected chi connectivity index (χ2v) is 7.87. The summed E-state index contributed by atoms with van der Waals surface area (Å²) >= 11 is 0. The molecule has 0 aromatic carbocycles. The van der Waals surface area contributed by atoms with Crippen LogP contribution < -0.4 is 0 Å². The second kappa shape index (κ2) is 10.1. The predicted molar refractivity (Wildman–Crippen MR) is 93.8 cm³/mol. The Morgan fingerprint density at radius 2 is 1.32 bits per heavy atom. The molecule has 0 aromatic rings. The topological polar surface area (TPSA) is 228 Å². The van der Waals surface area contributed by atoms with Gasteiger partial charge >= 0.3 is 0 Å². The molecule has 3 aliphatic heterocycles. The van der Waals surface area contributed by atoms with E-state index in [0.29, 0.717) is 0 Å². The Morgan fingerprint density at radius 1 is 0.710 bits per heavy atom. The van der Waals surface area contributed by atoms with E-state index in [0.717, 1.165) is 0 Å². The first-order valence-electron chi connectivity index (χ1n) is 9.85. The van der Waals surface area contributed by atoms with Crippen molar-refractivity contribution in [1.29, 1.82) is 0 Å². The smallest absolute Gasteiger partial charge is 0.187 e. The van der Waals surface area contributed by atoms with Crippen molar-refractivity contribution in [1.82, 2.24) is 0 Å². The van der Waals surface area contributed by atoms with Crippen LogP contribution in [0.3, 0.4) is 0 Å². The molecule has 0 aliphatic carbocycles. The molecule has 3 aliphatic rings. The third-order valence-electron chi connectivity index (χ3n) is 5.66. The minimum absolute atomic E-state index is 0.376. The maximum Gasteiger partial charge on any atom is 0.187 e. The third kappa shape index (κ3) is 5.02. The van der Waals surface area contributed by atoms with Gasteiger partial charge in [0.25, 0.3) is 0 Å². The van der Waals surface area contributed by atoms with Crippen LogP contribution in [0, 0.1) is 0 Å². The van der Waals surface area contributed by atoms with E-state index in [1.807, 2.05) is 0 Å². The Labute approximate surface area is 176 Å². The van der Waals surface area contributed by atoms with E-state index in [1.54, 1.807) is 0 Å². The highest BCUT2D eigenvalue weighted by molar-refractivity contribution is 4.94. The van der Waals surface area contributed by atoms with Gasteiger partial charge in [0.1, 0.15) is 61.0 Å². The fourth-order valence-corrected chi connectivity index (χ4v) is 3.69.